The van der Waals surface area contributed by atoms with Crippen molar-refractivity contribution >= 4 is 0 Å². The van der Waals surface area contributed by atoms with Crippen LogP contribution in [0, 0.1) is 5.92 Å². The van der Waals surface area contributed by atoms with Crippen LogP contribution in [0.5, 0.6) is 0 Å². The van der Waals surface area contributed by atoms with Gasteiger partial charge in [0.1, 0.15) is 0 Å². The van der Waals surface area contributed by atoms with Crippen LogP contribution in [-0.4, -0.2) is 19.6 Å². The van der Waals surface area contributed by atoms with E-state index in [0.29, 0.717) is 0 Å². The third-order valence-electron chi connectivity index (χ3n) is 2.81. The Hall–Kier alpha value is -0.0800. The van der Waals surface area contributed by atoms with Gasteiger partial charge in [0.2, 0.25) is 0 Å². The van der Waals surface area contributed by atoms with Gasteiger partial charge in [-0.2, -0.15) is 0 Å². The van der Waals surface area contributed by atoms with Gasteiger partial charge in [0.15, 0.2) is 0 Å². The smallest absolute Gasteiger partial charge is 0.00484 e. The van der Waals surface area contributed by atoms with Crippen molar-refractivity contribution in [3.05, 3.63) is 0 Å². The minimum absolute atomic E-state index is 0.829. The molecule has 1 atom stereocenters. The van der Waals surface area contributed by atoms with Crippen LogP contribution in [0.2, 0.25) is 0 Å². The lowest BCUT2D eigenvalue weighted by atomic mass is 10.0. The molecule has 0 unspecified atom stereocenters. The second kappa shape index (κ2) is 11.0. The molecule has 2 heteroatoms. The summed E-state index contributed by atoms with van der Waals surface area (Å²) in [4.78, 5) is 0. The summed E-state index contributed by atoms with van der Waals surface area (Å²) >= 11 is 0. The second-order valence-electron chi connectivity index (χ2n) is 4.25. The molecule has 14 heavy (non-hydrogen) atoms. The quantitative estimate of drug-likeness (QED) is 0.532. The summed E-state index contributed by atoms with van der Waals surface area (Å²) in [6.45, 7) is 7.77. The minimum atomic E-state index is 0.829. The number of nitrogens with one attached hydrogen (secondary N) is 1. The number of unbranched alkanes of at least 4 members (excludes halogenated alkanes) is 2. The average Bonchev–Trinajstić information content (AvgIpc) is 2.21. The van der Waals surface area contributed by atoms with E-state index in [4.69, 9.17) is 5.73 Å². The van der Waals surface area contributed by atoms with Gasteiger partial charge in [0.05, 0.1) is 0 Å². The van der Waals surface area contributed by atoms with E-state index in [0.717, 1.165) is 25.4 Å². The number of hydrogen-bond acceptors (Lipinski definition) is 2. The van der Waals surface area contributed by atoms with E-state index < -0.39 is 0 Å². The summed E-state index contributed by atoms with van der Waals surface area (Å²) in [7, 11) is 0. The molecule has 86 valence electrons. The Morgan fingerprint density at radius 2 is 1.71 bits per heavy atom. The maximum atomic E-state index is 5.41. The highest BCUT2D eigenvalue weighted by atomic mass is 14.8. The van der Waals surface area contributed by atoms with Gasteiger partial charge in [-0.15, -0.1) is 0 Å². The zero-order chi connectivity index (χ0) is 10.6. The Morgan fingerprint density at radius 1 is 1.07 bits per heavy atom. The van der Waals surface area contributed by atoms with Crippen LogP contribution >= 0.6 is 0 Å². The first kappa shape index (κ1) is 13.9. The summed E-state index contributed by atoms with van der Waals surface area (Å²) < 4.78 is 0. The van der Waals surface area contributed by atoms with Crippen LogP contribution in [-0.2, 0) is 0 Å². The first-order valence-electron chi connectivity index (χ1n) is 6.22. The van der Waals surface area contributed by atoms with Crippen LogP contribution in [0.25, 0.3) is 0 Å². The Labute approximate surface area is 89.6 Å². The van der Waals surface area contributed by atoms with Gasteiger partial charge in [-0.25, -0.2) is 0 Å². The Morgan fingerprint density at radius 3 is 2.29 bits per heavy atom. The van der Waals surface area contributed by atoms with Crippen molar-refractivity contribution in [3.63, 3.8) is 0 Å². The molecule has 0 aromatic rings. The van der Waals surface area contributed by atoms with Crippen LogP contribution in [0.3, 0.4) is 0 Å². The standard InChI is InChI=1S/C12H28N2/c1-3-12(2)8-4-6-10-14-11-7-5-9-13/h12,14H,3-11,13H2,1-2H3/t12-/m1/s1. The fourth-order valence-electron chi connectivity index (χ4n) is 1.47. The first-order chi connectivity index (χ1) is 6.81. The van der Waals surface area contributed by atoms with Gasteiger partial charge >= 0.3 is 0 Å². The van der Waals surface area contributed by atoms with Crippen molar-refractivity contribution < 1.29 is 0 Å². The van der Waals surface area contributed by atoms with Gasteiger partial charge in [-0.3, -0.25) is 0 Å². The van der Waals surface area contributed by atoms with Crippen molar-refractivity contribution in [2.45, 2.75) is 52.4 Å². The fourth-order valence-corrected chi connectivity index (χ4v) is 1.47. The largest absolute Gasteiger partial charge is 0.330 e. The van der Waals surface area contributed by atoms with Gasteiger partial charge in [0, 0.05) is 0 Å². The van der Waals surface area contributed by atoms with E-state index in [9.17, 15) is 0 Å². The fraction of sp³-hybridized carbons (Fsp3) is 1.00. The molecule has 0 spiro atoms. The molecule has 0 aliphatic rings. The van der Waals surface area contributed by atoms with Gasteiger partial charge in [-0.05, 0) is 44.8 Å². The van der Waals surface area contributed by atoms with E-state index in [-0.39, 0.29) is 0 Å². The SMILES string of the molecule is CC[C@@H](C)CCCCNCCCCN. The Kier molecular flexibility index (Phi) is 10.9. The number of rotatable bonds is 10. The molecule has 3 N–H and O–H groups in total. The molecule has 0 aliphatic carbocycles. The maximum absolute atomic E-state index is 5.41. The van der Waals surface area contributed by atoms with E-state index >= 15 is 0 Å². The number of nitrogens with two attached hydrogens (primary N) is 1. The second-order valence-corrected chi connectivity index (χ2v) is 4.25. The zero-order valence-corrected chi connectivity index (χ0v) is 10.0. The average molecular weight is 200 g/mol. The molecule has 0 saturated carbocycles. The minimum Gasteiger partial charge on any atom is -0.330 e. The molecule has 0 aromatic heterocycles. The van der Waals surface area contributed by atoms with Gasteiger partial charge < -0.3 is 11.1 Å². The van der Waals surface area contributed by atoms with Crippen molar-refractivity contribution in [2.75, 3.05) is 19.6 Å². The Balaban J connectivity index is 2.92. The van der Waals surface area contributed by atoms with Crippen molar-refractivity contribution in [2.24, 2.45) is 11.7 Å². The molecule has 0 bridgehead atoms. The summed E-state index contributed by atoms with van der Waals surface area (Å²) in [5, 5.41) is 3.46. The molecule has 0 radical (unpaired) electrons. The lowest BCUT2D eigenvalue weighted by molar-refractivity contribution is 0.475. The van der Waals surface area contributed by atoms with Crippen LogP contribution in [0.4, 0.5) is 0 Å². The topological polar surface area (TPSA) is 38.0 Å². The monoisotopic (exact) mass is 200 g/mol. The van der Waals surface area contributed by atoms with Crippen molar-refractivity contribution in [3.8, 4) is 0 Å². The summed E-state index contributed by atoms with van der Waals surface area (Å²) in [6, 6.07) is 0. The van der Waals surface area contributed by atoms with Crippen molar-refractivity contribution in [1.29, 1.82) is 0 Å². The lowest BCUT2D eigenvalue weighted by Gasteiger charge is -2.08. The molecular weight excluding hydrogens is 172 g/mol. The molecule has 0 amide bonds. The zero-order valence-electron chi connectivity index (χ0n) is 10.0. The highest BCUT2D eigenvalue weighted by molar-refractivity contribution is 4.53. The number of hydrogen-bond donors (Lipinski definition) is 2. The normalized spacial score (nSPS) is 13.1. The van der Waals surface area contributed by atoms with E-state index in [1.165, 1.54) is 38.6 Å². The third kappa shape index (κ3) is 10.0. The lowest BCUT2D eigenvalue weighted by Crippen LogP contribution is -2.17. The van der Waals surface area contributed by atoms with Crippen LogP contribution < -0.4 is 11.1 Å². The molecule has 0 aliphatic heterocycles. The van der Waals surface area contributed by atoms with E-state index in [2.05, 4.69) is 19.2 Å². The first-order valence-corrected chi connectivity index (χ1v) is 6.22. The van der Waals surface area contributed by atoms with Crippen LogP contribution in [0.1, 0.15) is 52.4 Å². The predicted molar refractivity (Wildman–Crippen MR) is 64.5 cm³/mol. The van der Waals surface area contributed by atoms with Crippen LogP contribution in [0.15, 0.2) is 0 Å². The molecule has 0 aromatic carbocycles. The predicted octanol–water partition coefficient (Wildman–Crippen LogP) is 2.53. The highest BCUT2D eigenvalue weighted by Gasteiger charge is 1.97. The van der Waals surface area contributed by atoms with Gasteiger partial charge in [0.25, 0.3) is 0 Å². The molecular formula is C12H28N2. The Bertz CT molecular complexity index is 104. The molecule has 0 saturated heterocycles. The molecule has 0 rings (SSSR count). The third-order valence-corrected chi connectivity index (χ3v) is 2.81. The van der Waals surface area contributed by atoms with E-state index in [1.807, 2.05) is 0 Å². The van der Waals surface area contributed by atoms with E-state index in [1.54, 1.807) is 0 Å². The molecule has 0 heterocycles. The molecule has 0 fully saturated rings. The highest BCUT2D eigenvalue weighted by Crippen LogP contribution is 2.10. The summed E-state index contributed by atoms with van der Waals surface area (Å²) in [5.41, 5.74) is 5.41. The maximum Gasteiger partial charge on any atom is -0.00484 e. The summed E-state index contributed by atoms with van der Waals surface area (Å²) in [6.07, 6.45) is 7.79. The molecule has 2 nitrogen and oxygen atoms in total. The van der Waals surface area contributed by atoms with Gasteiger partial charge in [-0.1, -0.05) is 33.1 Å². The summed E-state index contributed by atoms with van der Waals surface area (Å²) in [5.74, 6) is 0.909. The van der Waals surface area contributed by atoms with Crippen molar-refractivity contribution in [1.82, 2.24) is 5.32 Å².